The molecular weight excluding hydrogens is 362 g/mol. The molecule has 2 atom stereocenters. The number of hydrogen-bond donors (Lipinski definition) is 5. The van der Waals surface area contributed by atoms with E-state index in [2.05, 4.69) is 42.6 Å². The Morgan fingerprint density at radius 2 is 1.96 bits per heavy atom. The predicted octanol–water partition coefficient (Wildman–Crippen LogP) is 1.00. The molecule has 120 valence electrons. The highest BCUT2D eigenvalue weighted by Gasteiger charge is 2.34. The first-order valence-corrected chi connectivity index (χ1v) is 7.92. The Morgan fingerprint density at radius 1 is 1.17 bits per heavy atom. The molecule has 0 bridgehead atoms. The van der Waals surface area contributed by atoms with Crippen LogP contribution in [-0.2, 0) is 4.79 Å². The Bertz CT molecular complexity index is 703. The average molecular weight is 378 g/mol. The van der Waals surface area contributed by atoms with Gasteiger partial charge < -0.3 is 4.98 Å². The predicted molar refractivity (Wildman–Crippen MR) is 87.9 cm³/mol. The molecule has 8 heteroatoms. The van der Waals surface area contributed by atoms with Gasteiger partial charge in [-0.1, -0.05) is 30.3 Å². The maximum absolute atomic E-state index is 12.3. The molecule has 0 saturated carbocycles. The fourth-order valence-corrected chi connectivity index (χ4v) is 2.84. The molecule has 0 aliphatic carbocycles. The van der Waals surface area contributed by atoms with Crippen LogP contribution in [0.1, 0.15) is 22.1 Å². The molecule has 23 heavy (non-hydrogen) atoms. The lowest BCUT2D eigenvalue weighted by Crippen LogP contribution is -2.46. The van der Waals surface area contributed by atoms with Crippen LogP contribution in [0, 0.1) is 5.92 Å². The number of nitrogens with one attached hydrogen (secondary N) is 5. The normalized spacial score (nSPS) is 20.2. The molecule has 5 N–H and O–H groups in total. The van der Waals surface area contributed by atoms with Gasteiger partial charge in [-0.3, -0.25) is 25.9 Å². The molecule has 1 fully saturated rings. The zero-order valence-electron chi connectivity index (χ0n) is 12.1. The number of carbonyl (C=O) groups excluding carboxylic acids is 2. The Hall–Kier alpha value is -2.16. The van der Waals surface area contributed by atoms with Crippen molar-refractivity contribution < 1.29 is 9.59 Å². The summed E-state index contributed by atoms with van der Waals surface area (Å²) in [6, 6.07) is 11.2. The van der Waals surface area contributed by atoms with Gasteiger partial charge in [0.05, 0.1) is 12.0 Å². The van der Waals surface area contributed by atoms with Crippen molar-refractivity contribution in [2.75, 3.05) is 6.54 Å². The second-order valence-corrected chi connectivity index (χ2v) is 6.11. The first kappa shape index (κ1) is 15.7. The number of aromatic nitrogens is 1. The number of hydrogen-bond acceptors (Lipinski definition) is 4. The lowest BCUT2D eigenvalue weighted by atomic mass is 9.94. The topological polar surface area (TPSA) is 98.1 Å². The van der Waals surface area contributed by atoms with Gasteiger partial charge >= 0.3 is 0 Å². The molecule has 0 radical (unpaired) electrons. The summed E-state index contributed by atoms with van der Waals surface area (Å²) in [6.07, 6.45) is 1.65. The molecule has 1 saturated heterocycles. The maximum Gasteiger partial charge on any atom is 0.286 e. The monoisotopic (exact) mass is 377 g/mol. The van der Waals surface area contributed by atoms with E-state index in [0.29, 0.717) is 12.2 Å². The van der Waals surface area contributed by atoms with Gasteiger partial charge in [0.1, 0.15) is 5.69 Å². The molecule has 2 amide bonds. The van der Waals surface area contributed by atoms with Gasteiger partial charge in [-0.15, -0.1) is 0 Å². The molecule has 1 aromatic heterocycles. The Morgan fingerprint density at radius 3 is 2.65 bits per heavy atom. The van der Waals surface area contributed by atoms with E-state index in [1.54, 1.807) is 12.3 Å². The Kier molecular flexibility index (Phi) is 4.75. The zero-order valence-corrected chi connectivity index (χ0v) is 13.7. The van der Waals surface area contributed by atoms with Crippen molar-refractivity contribution in [1.82, 2.24) is 26.7 Å². The van der Waals surface area contributed by atoms with Gasteiger partial charge in [0, 0.05) is 17.2 Å². The van der Waals surface area contributed by atoms with E-state index in [-0.39, 0.29) is 17.9 Å². The summed E-state index contributed by atoms with van der Waals surface area (Å²) in [5.41, 5.74) is 12.3. The first-order valence-electron chi connectivity index (χ1n) is 7.12. The van der Waals surface area contributed by atoms with Crippen LogP contribution in [0.15, 0.2) is 47.1 Å². The summed E-state index contributed by atoms with van der Waals surface area (Å²) < 4.78 is 0.766. The number of hydrazine groups is 2. The Balaban J connectivity index is 1.60. The highest BCUT2D eigenvalue weighted by atomic mass is 79.9. The standard InChI is InChI=1S/C15H16BrN5O2/c16-10-6-12(17-7-10)15(23)21-20-14(22)11-8-18-19-13(11)9-4-2-1-3-5-9/h1-7,11,13,17-19H,8H2,(H,20,22)(H,21,23). The number of amides is 2. The Labute approximate surface area is 141 Å². The lowest BCUT2D eigenvalue weighted by Gasteiger charge is -2.18. The number of halogens is 1. The van der Waals surface area contributed by atoms with E-state index in [9.17, 15) is 9.59 Å². The molecule has 3 rings (SSSR count). The fraction of sp³-hybridized carbons (Fsp3) is 0.200. The number of benzene rings is 1. The van der Waals surface area contributed by atoms with Gasteiger partial charge in [0.25, 0.3) is 5.91 Å². The lowest BCUT2D eigenvalue weighted by molar-refractivity contribution is -0.125. The number of H-pyrrole nitrogens is 1. The number of rotatable bonds is 3. The smallest absolute Gasteiger partial charge is 0.286 e. The van der Waals surface area contributed by atoms with Crippen molar-refractivity contribution in [3.05, 3.63) is 58.3 Å². The summed E-state index contributed by atoms with van der Waals surface area (Å²) in [4.78, 5) is 27.1. The molecule has 2 heterocycles. The van der Waals surface area contributed by atoms with Crippen molar-refractivity contribution in [1.29, 1.82) is 0 Å². The maximum atomic E-state index is 12.3. The SMILES string of the molecule is O=C(NNC(=O)C1CNNC1c1ccccc1)c1cc(Br)c[nH]1. The van der Waals surface area contributed by atoms with E-state index < -0.39 is 5.91 Å². The molecule has 1 aromatic carbocycles. The van der Waals surface area contributed by atoms with E-state index in [0.717, 1.165) is 10.0 Å². The molecule has 2 unspecified atom stereocenters. The molecule has 7 nitrogen and oxygen atoms in total. The van der Waals surface area contributed by atoms with Crippen molar-refractivity contribution >= 4 is 27.7 Å². The van der Waals surface area contributed by atoms with Crippen LogP contribution in [0.2, 0.25) is 0 Å². The molecular formula is C15H16BrN5O2. The van der Waals surface area contributed by atoms with Gasteiger partial charge in [-0.25, -0.2) is 5.43 Å². The van der Waals surface area contributed by atoms with E-state index >= 15 is 0 Å². The van der Waals surface area contributed by atoms with Gasteiger partial charge in [0.15, 0.2) is 0 Å². The summed E-state index contributed by atoms with van der Waals surface area (Å²) in [5.74, 6) is -0.984. The largest absolute Gasteiger partial charge is 0.356 e. The summed E-state index contributed by atoms with van der Waals surface area (Å²) in [5, 5.41) is 0. The quantitative estimate of drug-likeness (QED) is 0.515. The third-order valence-electron chi connectivity index (χ3n) is 3.67. The van der Waals surface area contributed by atoms with E-state index in [1.807, 2.05) is 30.3 Å². The van der Waals surface area contributed by atoms with E-state index in [1.165, 1.54) is 0 Å². The summed E-state index contributed by atoms with van der Waals surface area (Å²) in [7, 11) is 0. The van der Waals surface area contributed by atoms with Crippen molar-refractivity contribution in [2.24, 2.45) is 5.92 Å². The third-order valence-corrected chi connectivity index (χ3v) is 4.13. The van der Waals surface area contributed by atoms with Crippen molar-refractivity contribution in [3.8, 4) is 0 Å². The van der Waals surface area contributed by atoms with Crippen LogP contribution in [0.4, 0.5) is 0 Å². The van der Waals surface area contributed by atoms with Crippen LogP contribution in [0.25, 0.3) is 0 Å². The van der Waals surface area contributed by atoms with Crippen LogP contribution < -0.4 is 21.7 Å². The third kappa shape index (κ3) is 3.61. The van der Waals surface area contributed by atoms with Crippen molar-refractivity contribution in [2.45, 2.75) is 6.04 Å². The molecule has 1 aliphatic heterocycles. The first-order chi connectivity index (χ1) is 11.1. The minimum atomic E-state index is -0.403. The highest BCUT2D eigenvalue weighted by molar-refractivity contribution is 9.10. The highest BCUT2D eigenvalue weighted by Crippen LogP contribution is 2.24. The van der Waals surface area contributed by atoms with E-state index in [4.69, 9.17) is 0 Å². The number of aromatic amines is 1. The molecule has 0 spiro atoms. The summed E-state index contributed by atoms with van der Waals surface area (Å²) in [6.45, 7) is 0.481. The second-order valence-electron chi connectivity index (χ2n) is 5.20. The van der Waals surface area contributed by atoms with Gasteiger partial charge in [0.2, 0.25) is 5.91 Å². The summed E-state index contributed by atoms with van der Waals surface area (Å²) >= 11 is 3.25. The molecule has 1 aliphatic rings. The van der Waals surface area contributed by atoms with Gasteiger partial charge in [-0.2, -0.15) is 0 Å². The number of carbonyl (C=O) groups is 2. The molecule has 2 aromatic rings. The van der Waals surface area contributed by atoms with Crippen LogP contribution >= 0.6 is 15.9 Å². The average Bonchev–Trinajstić information content (AvgIpc) is 3.22. The fourth-order valence-electron chi connectivity index (χ4n) is 2.49. The minimum Gasteiger partial charge on any atom is -0.356 e. The van der Waals surface area contributed by atoms with Gasteiger partial charge in [-0.05, 0) is 27.6 Å². The van der Waals surface area contributed by atoms with Crippen molar-refractivity contribution in [3.63, 3.8) is 0 Å². The van der Waals surface area contributed by atoms with Crippen LogP contribution in [-0.4, -0.2) is 23.3 Å². The van der Waals surface area contributed by atoms with Crippen LogP contribution in [0.3, 0.4) is 0 Å². The van der Waals surface area contributed by atoms with Crippen LogP contribution in [0.5, 0.6) is 0 Å². The zero-order chi connectivity index (χ0) is 16.2. The minimum absolute atomic E-state index is 0.146. The second kappa shape index (κ2) is 6.95.